The van der Waals surface area contributed by atoms with E-state index in [2.05, 4.69) is 11.6 Å². The molecule has 0 amide bonds. The van der Waals surface area contributed by atoms with Crippen LogP contribution in [-0.2, 0) is 0 Å². The average Bonchev–Trinajstić information content (AvgIpc) is 2.39. The number of nitro benzene ring substituents is 1. The van der Waals surface area contributed by atoms with Crippen LogP contribution in [0.2, 0.25) is 5.02 Å². The Morgan fingerprint density at radius 2 is 2.05 bits per heavy atom. The van der Waals surface area contributed by atoms with Crippen molar-refractivity contribution in [2.45, 2.75) is 25.7 Å². The van der Waals surface area contributed by atoms with Crippen molar-refractivity contribution in [3.05, 3.63) is 33.3 Å². The second-order valence-electron chi connectivity index (χ2n) is 4.25. The van der Waals surface area contributed by atoms with Crippen molar-refractivity contribution in [3.63, 3.8) is 0 Å². The lowest BCUT2D eigenvalue weighted by atomic mass is 10.2. The number of nitro groups is 1. The fourth-order valence-corrected chi connectivity index (χ4v) is 2.41. The molecule has 1 N–H and O–H groups in total. The first-order valence-electron chi connectivity index (χ1n) is 6.32. The molecule has 106 valence electrons. The smallest absolute Gasteiger partial charge is 0.293 e. The molecule has 0 atom stereocenters. The molecule has 0 spiro atoms. The van der Waals surface area contributed by atoms with Crippen molar-refractivity contribution >= 4 is 34.7 Å². The van der Waals surface area contributed by atoms with E-state index >= 15 is 0 Å². The molecule has 1 aromatic carbocycles. The normalized spacial score (nSPS) is 10.4. The van der Waals surface area contributed by atoms with Crippen LogP contribution >= 0.6 is 23.4 Å². The third-order valence-electron chi connectivity index (χ3n) is 2.75. The molecule has 0 unspecified atom stereocenters. The van der Waals surface area contributed by atoms with E-state index in [9.17, 15) is 10.1 Å². The summed E-state index contributed by atoms with van der Waals surface area (Å²) in [6.45, 7) is 0.752. The van der Waals surface area contributed by atoms with Crippen molar-refractivity contribution < 1.29 is 4.92 Å². The summed E-state index contributed by atoms with van der Waals surface area (Å²) in [5.74, 6) is 1.20. The van der Waals surface area contributed by atoms with Gasteiger partial charge in [0.1, 0.15) is 5.69 Å². The first-order chi connectivity index (χ1) is 9.15. The number of unbranched alkanes of at least 4 members (excludes halogenated alkanes) is 3. The molecule has 0 radical (unpaired) electrons. The molecule has 1 rings (SSSR count). The zero-order chi connectivity index (χ0) is 14.1. The molecule has 0 saturated heterocycles. The summed E-state index contributed by atoms with van der Waals surface area (Å²) in [4.78, 5) is 10.5. The molecule has 0 aliphatic carbocycles. The number of hydrogen-bond acceptors (Lipinski definition) is 4. The Hall–Kier alpha value is -0.940. The summed E-state index contributed by atoms with van der Waals surface area (Å²) >= 11 is 7.62. The maximum absolute atomic E-state index is 10.9. The zero-order valence-corrected chi connectivity index (χ0v) is 12.6. The van der Waals surface area contributed by atoms with Gasteiger partial charge in [0.15, 0.2) is 0 Å². The lowest BCUT2D eigenvalue weighted by Gasteiger charge is -2.07. The lowest BCUT2D eigenvalue weighted by Crippen LogP contribution is -2.04. The second kappa shape index (κ2) is 9.04. The highest BCUT2D eigenvalue weighted by atomic mass is 35.5. The quantitative estimate of drug-likeness (QED) is 0.412. The van der Waals surface area contributed by atoms with Gasteiger partial charge >= 0.3 is 0 Å². The van der Waals surface area contributed by atoms with Gasteiger partial charge in [0.2, 0.25) is 0 Å². The van der Waals surface area contributed by atoms with Gasteiger partial charge in [-0.15, -0.1) is 0 Å². The standard InChI is InChI=1S/C13H19ClN2O2S/c1-19-9-5-3-2-4-8-15-12-7-6-11(14)10-13(12)16(17)18/h6-7,10,15H,2-5,8-9H2,1H3. The molecule has 0 aliphatic rings. The fraction of sp³-hybridized carbons (Fsp3) is 0.538. The highest BCUT2D eigenvalue weighted by Crippen LogP contribution is 2.27. The van der Waals surface area contributed by atoms with Crippen molar-refractivity contribution in [1.29, 1.82) is 0 Å². The zero-order valence-electron chi connectivity index (χ0n) is 11.0. The number of thioether (sulfide) groups is 1. The van der Waals surface area contributed by atoms with Gasteiger partial charge in [-0.3, -0.25) is 10.1 Å². The largest absolute Gasteiger partial charge is 0.379 e. The molecule has 0 bridgehead atoms. The number of rotatable bonds is 9. The van der Waals surface area contributed by atoms with Crippen LogP contribution in [0.3, 0.4) is 0 Å². The number of hydrogen-bond donors (Lipinski definition) is 1. The van der Waals surface area contributed by atoms with E-state index in [0.29, 0.717) is 10.7 Å². The molecular formula is C13H19ClN2O2S. The molecule has 6 heteroatoms. The minimum atomic E-state index is -0.410. The van der Waals surface area contributed by atoms with Crippen LogP contribution < -0.4 is 5.32 Å². The van der Waals surface area contributed by atoms with Gasteiger partial charge in [0, 0.05) is 17.6 Å². The third kappa shape index (κ3) is 6.16. The van der Waals surface area contributed by atoms with Gasteiger partial charge in [-0.1, -0.05) is 24.4 Å². The van der Waals surface area contributed by atoms with E-state index in [1.807, 2.05) is 11.8 Å². The summed E-state index contributed by atoms with van der Waals surface area (Å²) in [6.07, 6.45) is 6.73. The first-order valence-corrected chi connectivity index (χ1v) is 8.09. The topological polar surface area (TPSA) is 55.2 Å². The van der Waals surface area contributed by atoms with E-state index in [1.165, 1.54) is 24.7 Å². The molecule has 0 fully saturated rings. The van der Waals surface area contributed by atoms with Gasteiger partial charge in [-0.2, -0.15) is 11.8 Å². The van der Waals surface area contributed by atoms with E-state index in [4.69, 9.17) is 11.6 Å². The predicted octanol–water partition coefficient (Wildman–Crippen LogP) is 4.58. The lowest BCUT2D eigenvalue weighted by molar-refractivity contribution is -0.383. The molecule has 0 saturated carbocycles. The van der Waals surface area contributed by atoms with E-state index in [1.54, 1.807) is 12.1 Å². The molecule has 19 heavy (non-hydrogen) atoms. The second-order valence-corrected chi connectivity index (χ2v) is 5.67. The molecule has 0 heterocycles. The minimum absolute atomic E-state index is 0.0369. The maximum Gasteiger partial charge on any atom is 0.293 e. The van der Waals surface area contributed by atoms with Gasteiger partial charge in [-0.25, -0.2) is 0 Å². The van der Waals surface area contributed by atoms with E-state index < -0.39 is 4.92 Å². The Bertz CT molecular complexity index is 416. The van der Waals surface area contributed by atoms with Gasteiger partial charge in [-0.05, 0) is 37.0 Å². The van der Waals surface area contributed by atoms with Crippen molar-refractivity contribution in [2.75, 3.05) is 23.9 Å². The number of benzene rings is 1. The highest BCUT2D eigenvalue weighted by molar-refractivity contribution is 7.98. The average molecular weight is 303 g/mol. The van der Waals surface area contributed by atoms with Gasteiger partial charge in [0.05, 0.1) is 4.92 Å². The Kier molecular flexibility index (Phi) is 7.67. The van der Waals surface area contributed by atoms with Crippen LogP contribution in [0.1, 0.15) is 25.7 Å². The molecular weight excluding hydrogens is 284 g/mol. The number of nitrogens with zero attached hydrogens (tertiary/aromatic N) is 1. The van der Waals surface area contributed by atoms with Crippen molar-refractivity contribution in [1.82, 2.24) is 0 Å². The summed E-state index contributed by atoms with van der Waals surface area (Å²) in [5, 5.41) is 14.4. The molecule has 4 nitrogen and oxygen atoms in total. The highest BCUT2D eigenvalue weighted by Gasteiger charge is 2.13. The molecule has 0 aromatic heterocycles. The number of nitrogens with one attached hydrogen (secondary N) is 1. The Morgan fingerprint density at radius 3 is 2.74 bits per heavy atom. The van der Waals surface area contributed by atoms with Crippen LogP contribution in [0.15, 0.2) is 18.2 Å². The summed E-state index contributed by atoms with van der Waals surface area (Å²) in [6, 6.07) is 4.70. The summed E-state index contributed by atoms with van der Waals surface area (Å²) in [7, 11) is 0. The first kappa shape index (κ1) is 16.1. The van der Waals surface area contributed by atoms with Crippen LogP contribution in [0, 0.1) is 10.1 Å². The Morgan fingerprint density at radius 1 is 1.32 bits per heavy atom. The van der Waals surface area contributed by atoms with Gasteiger partial charge in [0.25, 0.3) is 5.69 Å². The maximum atomic E-state index is 10.9. The Labute approximate surface area is 123 Å². The third-order valence-corrected chi connectivity index (χ3v) is 3.68. The monoisotopic (exact) mass is 302 g/mol. The summed E-state index contributed by atoms with van der Waals surface area (Å²) < 4.78 is 0. The Balaban J connectivity index is 2.35. The molecule has 0 aliphatic heterocycles. The number of halogens is 1. The van der Waals surface area contributed by atoms with Gasteiger partial charge < -0.3 is 5.32 Å². The SMILES string of the molecule is CSCCCCCCNc1ccc(Cl)cc1[N+](=O)[O-]. The number of anilines is 1. The van der Waals surface area contributed by atoms with Crippen LogP contribution in [0.4, 0.5) is 11.4 Å². The minimum Gasteiger partial charge on any atom is -0.379 e. The molecule has 1 aromatic rings. The predicted molar refractivity (Wildman–Crippen MR) is 83.4 cm³/mol. The van der Waals surface area contributed by atoms with Crippen LogP contribution in [-0.4, -0.2) is 23.5 Å². The van der Waals surface area contributed by atoms with E-state index in [0.717, 1.165) is 19.4 Å². The van der Waals surface area contributed by atoms with E-state index in [-0.39, 0.29) is 5.69 Å². The van der Waals surface area contributed by atoms with Crippen molar-refractivity contribution in [3.8, 4) is 0 Å². The van der Waals surface area contributed by atoms with Crippen LogP contribution in [0.25, 0.3) is 0 Å². The van der Waals surface area contributed by atoms with Crippen molar-refractivity contribution in [2.24, 2.45) is 0 Å². The summed E-state index contributed by atoms with van der Waals surface area (Å²) in [5.41, 5.74) is 0.577. The fourth-order valence-electron chi connectivity index (χ4n) is 1.75. The van der Waals surface area contributed by atoms with Crippen LogP contribution in [0.5, 0.6) is 0 Å².